The summed E-state index contributed by atoms with van der Waals surface area (Å²) in [5.41, 5.74) is 9.88. The van der Waals surface area contributed by atoms with E-state index in [9.17, 15) is 0 Å². The fraction of sp³-hybridized carbons (Fsp3) is 0.0278. The van der Waals surface area contributed by atoms with Crippen LogP contribution in [0, 0.1) is 12.1 Å². The molecule has 4 aromatic carbocycles. The Morgan fingerprint density at radius 3 is 2.36 bits per heavy atom. The minimum absolute atomic E-state index is 0. The predicted octanol–water partition coefficient (Wildman–Crippen LogP) is 8.06. The van der Waals surface area contributed by atoms with E-state index in [-0.39, 0.29) is 21.1 Å². The van der Waals surface area contributed by atoms with Crippen molar-refractivity contribution in [3.63, 3.8) is 0 Å². The maximum Gasteiger partial charge on any atom is 2.00 e. The number of rotatable bonds is 4. The molecule has 0 aliphatic heterocycles. The Kier molecular flexibility index (Phi) is 6.53. The maximum absolute atomic E-state index is 5.02. The first-order valence-corrected chi connectivity index (χ1v) is 13.5. The Labute approximate surface area is 257 Å². The standard InChI is InChI=1S/C36H23N5.Pt/c1-40-33-17-5-3-15-31(33)39-36(40)26-21-29(25-11-9-18-37-23-25)35-28-13-2-4-16-32(28)41(34(35)22-26)27-12-8-10-24(20-27)30-14-6-7-19-38-30;/h2-19,21,23H,1H3;/q-2;+2. The van der Waals surface area contributed by atoms with Crippen LogP contribution in [0.15, 0.2) is 122 Å². The van der Waals surface area contributed by atoms with Crippen LogP contribution >= 0.6 is 0 Å². The van der Waals surface area contributed by atoms with Crippen LogP contribution < -0.4 is 0 Å². The van der Waals surface area contributed by atoms with E-state index in [0.717, 1.165) is 72.3 Å². The molecule has 0 aliphatic rings. The van der Waals surface area contributed by atoms with Gasteiger partial charge in [0.25, 0.3) is 0 Å². The van der Waals surface area contributed by atoms with Crippen molar-refractivity contribution in [2.24, 2.45) is 7.05 Å². The molecule has 0 radical (unpaired) electrons. The van der Waals surface area contributed by atoms with Crippen LogP contribution in [0.4, 0.5) is 0 Å². The minimum Gasteiger partial charge on any atom is -0.367 e. The van der Waals surface area contributed by atoms with Gasteiger partial charge in [0.2, 0.25) is 0 Å². The molecule has 8 rings (SSSR count). The summed E-state index contributed by atoms with van der Waals surface area (Å²) in [7, 11) is 2.06. The first-order valence-electron chi connectivity index (χ1n) is 13.5. The molecule has 0 amide bonds. The molecule has 202 valence electrons. The monoisotopic (exact) mass is 720 g/mol. The molecule has 4 aromatic heterocycles. The van der Waals surface area contributed by atoms with Crippen LogP contribution in [-0.4, -0.2) is 24.1 Å². The third-order valence-corrected chi connectivity index (χ3v) is 7.65. The maximum atomic E-state index is 5.02. The molecule has 0 saturated carbocycles. The van der Waals surface area contributed by atoms with Crippen LogP contribution in [0.25, 0.3) is 72.3 Å². The molecule has 0 saturated heterocycles. The number of aromatic nitrogens is 5. The zero-order valence-corrected chi connectivity index (χ0v) is 24.9. The van der Waals surface area contributed by atoms with Gasteiger partial charge in [0, 0.05) is 31.2 Å². The zero-order valence-electron chi connectivity index (χ0n) is 22.6. The number of nitrogens with zero attached hydrogens (tertiary/aromatic N) is 5. The van der Waals surface area contributed by atoms with E-state index in [4.69, 9.17) is 4.98 Å². The molecule has 0 spiro atoms. The van der Waals surface area contributed by atoms with Gasteiger partial charge in [-0.1, -0.05) is 59.5 Å². The van der Waals surface area contributed by atoms with Gasteiger partial charge in [0.05, 0.1) is 16.9 Å². The second-order valence-corrected chi connectivity index (χ2v) is 10.1. The summed E-state index contributed by atoms with van der Waals surface area (Å²) in [4.78, 5) is 14.1. The van der Waals surface area contributed by atoms with E-state index in [0.29, 0.717) is 0 Å². The second kappa shape index (κ2) is 10.5. The van der Waals surface area contributed by atoms with E-state index in [2.05, 4.69) is 105 Å². The number of imidazole rings is 1. The zero-order chi connectivity index (χ0) is 27.3. The summed E-state index contributed by atoms with van der Waals surface area (Å²) in [6.45, 7) is 0. The van der Waals surface area contributed by atoms with Gasteiger partial charge in [-0.25, -0.2) is 0 Å². The van der Waals surface area contributed by atoms with Gasteiger partial charge < -0.3 is 14.1 Å². The molecule has 4 heterocycles. The van der Waals surface area contributed by atoms with Crippen LogP contribution in [0.1, 0.15) is 0 Å². The summed E-state index contributed by atoms with van der Waals surface area (Å²) in [5, 5.41) is 2.26. The molecule has 8 aromatic rings. The SMILES string of the molecule is Cn1c(-c2[c-]c3c(c(-c4cccnc4)c2)c2ccccc2n3-c2[c-]c(-c3ccccn3)ccc2)nc2ccccc21.[Pt+2]. The Bertz CT molecular complexity index is 2220. The number of aryl methyl sites for hydroxylation is 1. The summed E-state index contributed by atoms with van der Waals surface area (Å²) in [5.74, 6) is 0.862. The van der Waals surface area contributed by atoms with E-state index in [1.54, 1.807) is 0 Å². The molecular weight excluding hydrogens is 698 g/mol. The van der Waals surface area contributed by atoms with Crippen molar-refractivity contribution in [2.75, 3.05) is 0 Å². The Balaban J connectivity index is 0.00000288. The minimum atomic E-state index is 0. The Hall–Kier alpha value is -4.86. The van der Waals surface area contributed by atoms with Crippen molar-refractivity contribution < 1.29 is 21.1 Å². The molecule has 0 N–H and O–H groups in total. The number of hydrogen-bond acceptors (Lipinski definition) is 3. The van der Waals surface area contributed by atoms with Gasteiger partial charge >= 0.3 is 21.1 Å². The molecule has 0 atom stereocenters. The van der Waals surface area contributed by atoms with Gasteiger partial charge in [-0.3, -0.25) is 9.97 Å². The Morgan fingerprint density at radius 2 is 1.55 bits per heavy atom. The van der Waals surface area contributed by atoms with Crippen molar-refractivity contribution in [1.29, 1.82) is 0 Å². The van der Waals surface area contributed by atoms with Gasteiger partial charge in [0.15, 0.2) is 0 Å². The largest absolute Gasteiger partial charge is 2.00 e. The molecular formula is C36H23N5Pt. The fourth-order valence-electron chi connectivity index (χ4n) is 5.78. The Morgan fingerprint density at radius 1 is 0.714 bits per heavy atom. The van der Waals surface area contributed by atoms with E-state index >= 15 is 0 Å². The smallest absolute Gasteiger partial charge is 0.367 e. The van der Waals surface area contributed by atoms with Crippen molar-refractivity contribution in [2.45, 2.75) is 0 Å². The van der Waals surface area contributed by atoms with Crippen LogP contribution in [0.3, 0.4) is 0 Å². The summed E-state index contributed by atoms with van der Waals surface area (Å²) in [6, 6.07) is 42.6. The molecule has 0 bridgehead atoms. The number of hydrogen-bond donors (Lipinski definition) is 0. The van der Waals surface area contributed by atoms with E-state index in [1.165, 1.54) is 0 Å². The molecule has 0 aliphatic carbocycles. The van der Waals surface area contributed by atoms with E-state index < -0.39 is 0 Å². The summed E-state index contributed by atoms with van der Waals surface area (Å²) >= 11 is 0. The summed E-state index contributed by atoms with van der Waals surface area (Å²) < 4.78 is 4.39. The molecule has 0 unspecified atom stereocenters. The van der Waals surface area contributed by atoms with E-state index in [1.807, 2.05) is 55.0 Å². The number of benzene rings is 4. The van der Waals surface area contributed by atoms with Crippen molar-refractivity contribution >= 4 is 32.8 Å². The average Bonchev–Trinajstić information content (AvgIpc) is 3.56. The summed E-state index contributed by atoms with van der Waals surface area (Å²) in [6.07, 6.45) is 5.55. The fourth-order valence-corrected chi connectivity index (χ4v) is 5.78. The van der Waals surface area contributed by atoms with Gasteiger partial charge in [-0.05, 0) is 58.2 Å². The van der Waals surface area contributed by atoms with Crippen molar-refractivity contribution in [1.82, 2.24) is 24.1 Å². The molecule has 0 fully saturated rings. The van der Waals surface area contributed by atoms with Crippen LogP contribution in [-0.2, 0) is 28.1 Å². The van der Waals surface area contributed by atoms with Crippen molar-refractivity contribution in [3.8, 4) is 39.5 Å². The number of fused-ring (bicyclic) bond motifs is 4. The first-order chi connectivity index (χ1) is 20.3. The molecule has 42 heavy (non-hydrogen) atoms. The van der Waals surface area contributed by atoms with Crippen LogP contribution in [0.5, 0.6) is 0 Å². The second-order valence-electron chi connectivity index (χ2n) is 10.1. The van der Waals surface area contributed by atoms with Gasteiger partial charge in [-0.2, -0.15) is 0 Å². The third-order valence-electron chi connectivity index (χ3n) is 7.65. The normalized spacial score (nSPS) is 11.3. The topological polar surface area (TPSA) is 48.5 Å². The van der Waals surface area contributed by atoms with Crippen LogP contribution in [0.2, 0.25) is 0 Å². The van der Waals surface area contributed by atoms with Crippen molar-refractivity contribution in [3.05, 3.63) is 134 Å². The first kappa shape index (κ1) is 26.1. The average molecular weight is 721 g/mol. The number of para-hydroxylation sites is 3. The third kappa shape index (κ3) is 4.17. The molecule has 5 nitrogen and oxygen atoms in total. The number of pyridine rings is 2. The van der Waals surface area contributed by atoms with Gasteiger partial charge in [-0.15, -0.1) is 47.5 Å². The quantitative estimate of drug-likeness (QED) is 0.173. The molecule has 6 heteroatoms. The predicted molar refractivity (Wildman–Crippen MR) is 165 cm³/mol. The van der Waals surface area contributed by atoms with Gasteiger partial charge in [0.1, 0.15) is 0 Å².